The zero-order valence-electron chi connectivity index (χ0n) is 19.9. The van der Waals surface area contributed by atoms with Crippen LogP contribution in [0.4, 0.5) is 13.2 Å². The number of alkyl halides is 3. The van der Waals surface area contributed by atoms with E-state index in [1.807, 2.05) is 12.1 Å². The number of hydrogen-bond donors (Lipinski definition) is 1. The molecule has 0 saturated heterocycles. The maximum atomic E-state index is 13.4. The molecule has 0 spiro atoms. The molecule has 7 nitrogen and oxygen atoms in total. The first-order valence-corrected chi connectivity index (χ1v) is 11.5. The van der Waals surface area contributed by atoms with Gasteiger partial charge in [0.15, 0.2) is 5.56 Å². The first-order valence-electron chi connectivity index (χ1n) is 11.5. The second kappa shape index (κ2) is 10.5. The van der Waals surface area contributed by atoms with Gasteiger partial charge in [-0.15, -0.1) is 0 Å². The molecule has 1 aromatic heterocycles. The van der Waals surface area contributed by atoms with Gasteiger partial charge in [0.2, 0.25) is 0 Å². The number of fused-ring (bicyclic) bond motifs is 1. The van der Waals surface area contributed by atoms with Crippen molar-refractivity contribution in [2.24, 2.45) is 0 Å². The van der Waals surface area contributed by atoms with Crippen molar-refractivity contribution in [2.45, 2.75) is 39.2 Å². The van der Waals surface area contributed by atoms with Crippen LogP contribution in [0.1, 0.15) is 37.0 Å². The molecule has 10 heteroatoms. The Hall–Kier alpha value is -3.71. The minimum absolute atomic E-state index is 0.135. The number of aromatic nitrogens is 1. The lowest BCUT2D eigenvalue weighted by Crippen LogP contribution is -2.34. The third kappa shape index (κ3) is 6.29. The number of aliphatic carboxylic acids is 1. The van der Waals surface area contributed by atoms with E-state index >= 15 is 0 Å². The van der Waals surface area contributed by atoms with Gasteiger partial charge in [0.25, 0.3) is 0 Å². The Morgan fingerprint density at radius 3 is 2.83 bits per heavy atom. The van der Waals surface area contributed by atoms with Crippen molar-refractivity contribution >= 4 is 12.0 Å². The Labute approximate surface area is 206 Å². The second-order valence-electron chi connectivity index (χ2n) is 8.89. The van der Waals surface area contributed by atoms with Crippen molar-refractivity contribution in [1.82, 2.24) is 4.90 Å². The molecule has 0 amide bonds. The van der Waals surface area contributed by atoms with Crippen LogP contribution in [-0.2, 0) is 17.6 Å². The van der Waals surface area contributed by atoms with Gasteiger partial charge in [0.05, 0.1) is 0 Å². The van der Waals surface area contributed by atoms with Gasteiger partial charge in [-0.25, -0.2) is 4.79 Å². The number of carbonyl (C=O) groups is 1. The van der Waals surface area contributed by atoms with Crippen molar-refractivity contribution in [3.05, 3.63) is 64.4 Å². The van der Waals surface area contributed by atoms with E-state index in [0.29, 0.717) is 43.2 Å². The lowest BCUT2D eigenvalue weighted by atomic mass is 10.0. The Balaban J connectivity index is 1.40. The zero-order valence-corrected chi connectivity index (χ0v) is 19.9. The minimum Gasteiger partial charge on any atom is -0.488 e. The Kier molecular flexibility index (Phi) is 7.40. The fraction of sp³-hybridized carbons (Fsp3) is 0.385. The van der Waals surface area contributed by atoms with Crippen molar-refractivity contribution in [1.29, 1.82) is 0 Å². The number of nitrogens with zero attached hydrogens (tertiary/aromatic N) is 2. The SMILES string of the molecule is CC(C)Oc1[n+]#cc(COc2ccc3c(c2)OCC(CN2CCC=C(C(=O)O)C2)=C3)cc1C(F)(F)F. The lowest BCUT2D eigenvalue weighted by molar-refractivity contribution is -0.324. The molecular weight excluding hydrogens is 477 g/mol. The monoisotopic (exact) mass is 503 g/mol. The number of halogens is 3. The van der Waals surface area contributed by atoms with E-state index in [4.69, 9.17) is 14.2 Å². The molecule has 2 aliphatic rings. The summed E-state index contributed by atoms with van der Waals surface area (Å²) in [6.07, 6.45) is 1.93. The minimum atomic E-state index is -4.62. The Morgan fingerprint density at radius 1 is 1.31 bits per heavy atom. The van der Waals surface area contributed by atoms with Gasteiger partial charge in [-0.05, 0) is 50.1 Å². The molecule has 0 unspecified atom stereocenters. The Morgan fingerprint density at radius 2 is 2.11 bits per heavy atom. The summed E-state index contributed by atoms with van der Waals surface area (Å²) < 4.78 is 57.0. The normalized spacial score (nSPS) is 15.8. The topological polar surface area (TPSA) is 82.3 Å². The number of carboxylic acids is 1. The average molecular weight is 503 g/mol. The van der Waals surface area contributed by atoms with Crippen LogP contribution in [0.3, 0.4) is 0 Å². The van der Waals surface area contributed by atoms with Gasteiger partial charge >= 0.3 is 24.2 Å². The lowest BCUT2D eigenvalue weighted by Gasteiger charge is -2.28. The maximum absolute atomic E-state index is 13.4. The standard InChI is InChI=1S/C26H25F3N2O5/c1-16(2)36-24-22(26(27,28)29)9-17(11-30-24)14-34-21-6-5-19-8-18(15-35-23(19)10-21)12-31-7-3-4-20(13-31)25(32)33/h4-6,8-10,16H,3,7,12-15H2,1-2H3/p+1. The summed E-state index contributed by atoms with van der Waals surface area (Å²) in [5, 5.41) is 9.22. The molecule has 2 aromatic rings. The second-order valence-corrected chi connectivity index (χ2v) is 8.89. The first-order chi connectivity index (χ1) is 17.1. The van der Waals surface area contributed by atoms with Crippen LogP contribution < -0.4 is 19.2 Å². The third-order valence-corrected chi connectivity index (χ3v) is 5.59. The van der Waals surface area contributed by atoms with E-state index in [2.05, 4.69) is 16.1 Å². The van der Waals surface area contributed by atoms with Crippen molar-refractivity contribution in [2.75, 3.05) is 26.2 Å². The number of ether oxygens (including phenoxy) is 3. The maximum Gasteiger partial charge on any atom is 0.513 e. The summed E-state index contributed by atoms with van der Waals surface area (Å²) in [4.78, 5) is 17.0. The molecule has 0 radical (unpaired) electrons. The summed E-state index contributed by atoms with van der Waals surface area (Å²) >= 11 is 0. The van der Waals surface area contributed by atoms with Gasteiger partial charge in [-0.3, -0.25) is 4.90 Å². The molecule has 4 rings (SSSR count). The highest BCUT2D eigenvalue weighted by molar-refractivity contribution is 5.87. The predicted molar refractivity (Wildman–Crippen MR) is 123 cm³/mol. The highest BCUT2D eigenvalue weighted by Gasteiger charge is 2.41. The molecule has 0 bridgehead atoms. The number of carboxylic acid groups (broad SMARTS) is 1. The van der Waals surface area contributed by atoms with Crippen LogP contribution in [0.25, 0.3) is 6.08 Å². The molecule has 0 atom stereocenters. The quantitative estimate of drug-likeness (QED) is 0.584. The Bertz CT molecular complexity index is 1190. The van der Waals surface area contributed by atoms with Crippen LogP contribution in [0.2, 0.25) is 0 Å². The molecule has 3 heterocycles. The molecule has 2 aliphatic heterocycles. The van der Waals surface area contributed by atoms with Crippen LogP contribution >= 0.6 is 0 Å². The average Bonchev–Trinajstić information content (AvgIpc) is 2.82. The number of benzene rings is 1. The van der Waals surface area contributed by atoms with Crippen molar-refractivity contribution in [3.63, 3.8) is 0 Å². The summed E-state index contributed by atoms with van der Waals surface area (Å²) in [5.41, 5.74) is 1.43. The highest BCUT2D eigenvalue weighted by Crippen LogP contribution is 2.35. The van der Waals surface area contributed by atoms with E-state index in [9.17, 15) is 23.1 Å². The van der Waals surface area contributed by atoms with E-state index in [1.165, 1.54) is 0 Å². The van der Waals surface area contributed by atoms with Gasteiger partial charge in [0.1, 0.15) is 36.4 Å². The van der Waals surface area contributed by atoms with Crippen LogP contribution in [0.5, 0.6) is 17.4 Å². The number of rotatable bonds is 8. The zero-order chi connectivity index (χ0) is 25.9. The van der Waals surface area contributed by atoms with E-state index in [-0.39, 0.29) is 12.2 Å². The smallest absolute Gasteiger partial charge is 0.488 e. The molecule has 190 valence electrons. The fourth-order valence-corrected chi connectivity index (χ4v) is 3.96. The molecule has 1 aromatic carbocycles. The summed E-state index contributed by atoms with van der Waals surface area (Å²) in [5.74, 6) is -0.373. The summed E-state index contributed by atoms with van der Waals surface area (Å²) in [7, 11) is 0. The van der Waals surface area contributed by atoms with Gasteiger partial charge in [0, 0.05) is 41.8 Å². The highest BCUT2D eigenvalue weighted by atomic mass is 19.4. The molecule has 0 fully saturated rings. The van der Waals surface area contributed by atoms with E-state index in [1.54, 1.807) is 32.1 Å². The molecule has 36 heavy (non-hydrogen) atoms. The van der Waals surface area contributed by atoms with Crippen molar-refractivity contribution < 1.29 is 42.3 Å². The largest absolute Gasteiger partial charge is 0.513 e. The van der Waals surface area contributed by atoms with Gasteiger partial charge in [-0.2, -0.15) is 13.2 Å². The van der Waals surface area contributed by atoms with E-state index < -0.39 is 29.7 Å². The third-order valence-electron chi connectivity index (χ3n) is 5.59. The van der Waals surface area contributed by atoms with Crippen LogP contribution in [0.15, 0.2) is 41.5 Å². The molecule has 0 aliphatic carbocycles. The molecular formula is C26H26F3N2O5+. The van der Waals surface area contributed by atoms with Gasteiger partial charge < -0.3 is 19.3 Å². The summed E-state index contributed by atoms with van der Waals surface area (Å²) in [6, 6.07) is 6.14. The molecule has 1 N–H and O–H groups in total. The van der Waals surface area contributed by atoms with Crippen LogP contribution in [0, 0.1) is 6.20 Å². The van der Waals surface area contributed by atoms with Crippen LogP contribution in [-0.4, -0.2) is 48.3 Å². The summed E-state index contributed by atoms with van der Waals surface area (Å²) in [6.45, 7) is 5.20. The van der Waals surface area contributed by atoms with Gasteiger partial charge in [-0.1, -0.05) is 6.08 Å². The number of hydrogen-bond acceptors (Lipinski definition) is 5. The van der Waals surface area contributed by atoms with E-state index in [0.717, 1.165) is 23.7 Å². The van der Waals surface area contributed by atoms with Crippen molar-refractivity contribution in [3.8, 4) is 17.4 Å². The molecule has 0 saturated carbocycles. The fourth-order valence-electron chi connectivity index (χ4n) is 3.96. The first kappa shape index (κ1) is 25.4. The predicted octanol–water partition coefficient (Wildman–Crippen LogP) is 3.96.